The van der Waals surface area contributed by atoms with Crippen molar-refractivity contribution in [1.82, 2.24) is 5.32 Å². The molecule has 10 heavy (non-hydrogen) atoms. The van der Waals surface area contributed by atoms with Gasteiger partial charge in [0.05, 0.1) is 0 Å². The molecule has 0 aliphatic carbocycles. The second kappa shape index (κ2) is 7.94. The van der Waals surface area contributed by atoms with Crippen molar-refractivity contribution in [2.45, 2.75) is 21.8 Å². The molecule has 0 atom stereocenters. The summed E-state index contributed by atoms with van der Waals surface area (Å²) in [5, 5.41) is 10.1. The van der Waals surface area contributed by atoms with Crippen LogP contribution in [0.15, 0.2) is 0 Å². The second-order valence-corrected chi connectivity index (χ2v) is 1.30. The summed E-state index contributed by atoms with van der Waals surface area (Å²) in [7, 11) is 0. The summed E-state index contributed by atoms with van der Waals surface area (Å²) in [6.07, 6.45) is 0. The fraction of sp³-hybridized carbons (Fsp3) is 0.667. The molecule has 0 saturated heterocycles. The SMILES string of the molecule is C.C.CC(=O)NCC(=O)O. The molecule has 0 aromatic carbocycles. The van der Waals surface area contributed by atoms with E-state index in [9.17, 15) is 9.59 Å². The van der Waals surface area contributed by atoms with Crippen LogP contribution < -0.4 is 5.32 Å². The molecule has 1 amide bonds. The molecule has 0 radical (unpaired) electrons. The van der Waals surface area contributed by atoms with Gasteiger partial charge in [0.2, 0.25) is 5.91 Å². The molecule has 62 valence electrons. The lowest BCUT2D eigenvalue weighted by Crippen LogP contribution is -2.26. The highest BCUT2D eigenvalue weighted by molar-refractivity contribution is 5.79. The molecule has 0 aliphatic heterocycles. The van der Waals surface area contributed by atoms with Crippen molar-refractivity contribution in [3.05, 3.63) is 0 Å². The number of carbonyl (C=O) groups excluding carboxylic acids is 1. The second-order valence-electron chi connectivity index (χ2n) is 1.30. The van der Waals surface area contributed by atoms with E-state index >= 15 is 0 Å². The smallest absolute Gasteiger partial charge is 0.322 e. The number of carbonyl (C=O) groups is 2. The molecule has 0 aromatic rings. The summed E-state index contributed by atoms with van der Waals surface area (Å²) in [5.74, 6) is -1.35. The molecular formula is C6H15NO3. The summed E-state index contributed by atoms with van der Waals surface area (Å²) >= 11 is 0. The lowest BCUT2D eigenvalue weighted by Gasteiger charge is -1.92. The Balaban J connectivity index is -0.000000245. The maximum absolute atomic E-state index is 9.97. The van der Waals surface area contributed by atoms with Gasteiger partial charge >= 0.3 is 5.97 Å². The summed E-state index contributed by atoms with van der Waals surface area (Å²) < 4.78 is 0. The predicted molar refractivity (Wildman–Crippen MR) is 39.8 cm³/mol. The number of hydrogen-bond acceptors (Lipinski definition) is 2. The van der Waals surface area contributed by atoms with Crippen molar-refractivity contribution in [2.75, 3.05) is 6.54 Å². The number of amides is 1. The fourth-order valence-corrected chi connectivity index (χ4v) is 0.200. The van der Waals surface area contributed by atoms with Crippen LogP contribution in [0.1, 0.15) is 21.8 Å². The number of carboxylic acid groups (broad SMARTS) is 1. The van der Waals surface area contributed by atoms with Gasteiger partial charge in [-0.3, -0.25) is 9.59 Å². The lowest BCUT2D eigenvalue weighted by atomic mass is 10.6. The van der Waals surface area contributed by atoms with Gasteiger partial charge in [0, 0.05) is 6.92 Å². The first kappa shape index (κ1) is 16.0. The minimum Gasteiger partial charge on any atom is -0.480 e. The molecule has 2 N–H and O–H groups in total. The van der Waals surface area contributed by atoms with Gasteiger partial charge in [0.15, 0.2) is 0 Å². The van der Waals surface area contributed by atoms with E-state index in [4.69, 9.17) is 5.11 Å². The van der Waals surface area contributed by atoms with Gasteiger partial charge in [-0.1, -0.05) is 14.9 Å². The lowest BCUT2D eigenvalue weighted by molar-refractivity contribution is -0.137. The van der Waals surface area contributed by atoms with Crippen LogP contribution in [0.3, 0.4) is 0 Å². The van der Waals surface area contributed by atoms with Gasteiger partial charge < -0.3 is 10.4 Å². The fourth-order valence-electron chi connectivity index (χ4n) is 0.200. The molecular weight excluding hydrogens is 134 g/mol. The predicted octanol–water partition coefficient (Wildman–Crippen LogP) is 0.479. The average molecular weight is 149 g/mol. The van der Waals surface area contributed by atoms with Crippen molar-refractivity contribution in [3.63, 3.8) is 0 Å². The highest BCUT2D eigenvalue weighted by atomic mass is 16.4. The Morgan fingerprint density at radius 3 is 1.90 bits per heavy atom. The number of aliphatic carboxylic acids is 1. The standard InChI is InChI=1S/C4H7NO3.2CH4/c1-3(6)5-2-4(7)8;;/h2H2,1H3,(H,5,6)(H,7,8);2*1H4. The van der Waals surface area contributed by atoms with Crippen LogP contribution in [0.5, 0.6) is 0 Å². The number of rotatable bonds is 2. The highest BCUT2D eigenvalue weighted by Gasteiger charge is 1.94. The van der Waals surface area contributed by atoms with Gasteiger partial charge in [0.1, 0.15) is 6.54 Å². The minimum absolute atomic E-state index is 0. The normalized spacial score (nSPS) is 6.50. The maximum Gasteiger partial charge on any atom is 0.322 e. The van der Waals surface area contributed by atoms with E-state index in [2.05, 4.69) is 5.32 Å². The maximum atomic E-state index is 9.97. The van der Waals surface area contributed by atoms with Crippen molar-refractivity contribution < 1.29 is 14.7 Å². The number of carboxylic acids is 1. The van der Waals surface area contributed by atoms with Crippen LogP contribution in [0.2, 0.25) is 0 Å². The van der Waals surface area contributed by atoms with Crippen LogP contribution in [0, 0.1) is 0 Å². The molecule has 0 heterocycles. The van der Waals surface area contributed by atoms with E-state index in [1.165, 1.54) is 6.92 Å². The van der Waals surface area contributed by atoms with E-state index < -0.39 is 5.97 Å². The summed E-state index contributed by atoms with van der Waals surface area (Å²) in [6, 6.07) is 0. The van der Waals surface area contributed by atoms with Gasteiger partial charge in [0.25, 0.3) is 0 Å². The van der Waals surface area contributed by atoms with E-state index in [-0.39, 0.29) is 27.3 Å². The van der Waals surface area contributed by atoms with Crippen LogP contribution >= 0.6 is 0 Å². The zero-order chi connectivity index (χ0) is 6.57. The zero-order valence-corrected chi connectivity index (χ0v) is 4.47. The Morgan fingerprint density at radius 1 is 1.40 bits per heavy atom. The summed E-state index contributed by atoms with van der Waals surface area (Å²) in [6.45, 7) is 0.971. The Bertz CT molecular complexity index is 97.6. The largest absolute Gasteiger partial charge is 0.480 e. The van der Waals surface area contributed by atoms with Gasteiger partial charge in [-0.05, 0) is 0 Å². The van der Waals surface area contributed by atoms with Crippen molar-refractivity contribution in [2.24, 2.45) is 0 Å². The Kier molecular flexibility index (Phi) is 12.7. The van der Waals surface area contributed by atoms with Crippen molar-refractivity contribution in [1.29, 1.82) is 0 Å². The number of hydrogen-bond donors (Lipinski definition) is 2. The van der Waals surface area contributed by atoms with Gasteiger partial charge in [-0.25, -0.2) is 0 Å². The highest BCUT2D eigenvalue weighted by Crippen LogP contribution is 1.60. The Hall–Kier alpha value is -1.06. The minimum atomic E-state index is -1.03. The van der Waals surface area contributed by atoms with Crippen molar-refractivity contribution in [3.8, 4) is 0 Å². The first-order valence-electron chi connectivity index (χ1n) is 2.09. The Labute approximate surface area is 61.2 Å². The molecule has 4 heteroatoms. The summed E-state index contributed by atoms with van der Waals surface area (Å²) in [5.41, 5.74) is 0. The molecule has 0 spiro atoms. The third kappa shape index (κ3) is 15.8. The summed E-state index contributed by atoms with van der Waals surface area (Å²) in [4.78, 5) is 19.7. The van der Waals surface area contributed by atoms with E-state index in [1.807, 2.05) is 0 Å². The van der Waals surface area contributed by atoms with E-state index in [0.29, 0.717) is 0 Å². The average Bonchev–Trinajstić information content (AvgIpc) is 1.61. The van der Waals surface area contributed by atoms with Crippen LogP contribution in [0.25, 0.3) is 0 Å². The molecule has 0 saturated carbocycles. The molecule has 0 unspecified atom stereocenters. The zero-order valence-electron chi connectivity index (χ0n) is 4.47. The molecule has 4 nitrogen and oxygen atoms in total. The third-order valence-electron chi connectivity index (χ3n) is 0.489. The first-order valence-corrected chi connectivity index (χ1v) is 2.09. The first-order chi connectivity index (χ1) is 3.63. The van der Waals surface area contributed by atoms with Crippen LogP contribution in [0.4, 0.5) is 0 Å². The Morgan fingerprint density at radius 2 is 1.80 bits per heavy atom. The topological polar surface area (TPSA) is 66.4 Å². The molecule has 0 aromatic heterocycles. The van der Waals surface area contributed by atoms with Crippen LogP contribution in [-0.2, 0) is 9.59 Å². The number of nitrogens with one attached hydrogen (secondary N) is 1. The van der Waals surface area contributed by atoms with Gasteiger partial charge in [-0.15, -0.1) is 0 Å². The molecule has 0 rings (SSSR count). The molecule has 0 bridgehead atoms. The van der Waals surface area contributed by atoms with E-state index in [1.54, 1.807) is 0 Å². The van der Waals surface area contributed by atoms with E-state index in [0.717, 1.165) is 0 Å². The molecule has 0 aliphatic rings. The van der Waals surface area contributed by atoms with Crippen molar-refractivity contribution >= 4 is 11.9 Å². The van der Waals surface area contributed by atoms with Crippen LogP contribution in [-0.4, -0.2) is 23.5 Å². The van der Waals surface area contributed by atoms with Gasteiger partial charge in [-0.2, -0.15) is 0 Å². The third-order valence-corrected chi connectivity index (χ3v) is 0.489. The quantitative estimate of drug-likeness (QED) is 0.600. The molecule has 0 fully saturated rings. The monoisotopic (exact) mass is 149 g/mol.